The van der Waals surface area contributed by atoms with Crippen molar-refractivity contribution < 1.29 is 27.2 Å². The van der Waals surface area contributed by atoms with E-state index in [1.807, 2.05) is 0 Å². The lowest BCUT2D eigenvalue weighted by Gasteiger charge is -2.13. The van der Waals surface area contributed by atoms with E-state index in [0.29, 0.717) is 40.7 Å². The summed E-state index contributed by atoms with van der Waals surface area (Å²) in [6, 6.07) is 11.1. The number of rotatable bonds is 9. The number of nitrogens with zero attached hydrogens (tertiary/aromatic N) is 1. The van der Waals surface area contributed by atoms with Gasteiger partial charge in [0.1, 0.15) is 22.9 Å². The topological polar surface area (TPSA) is 120 Å². The average Bonchev–Trinajstić information content (AvgIpc) is 3.16. The van der Waals surface area contributed by atoms with Crippen LogP contribution in [0.25, 0.3) is 12.2 Å². The van der Waals surface area contributed by atoms with Crippen molar-refractivity contribution in [2.24, 2.45) is 0 Å². The van der Waals surface area contributed by atoms with Crippen LogP contribution in [0.5, 0.6) is 11.5 Å². The van der Waals surface area contributed by atoms with E-state index in [2.05, 4.69) is 15.2 Å². The molecule has 1 aromatic heterocycles. The zero-order chi connectivity index (χ0) is 24.0. The number of aromatic nitrogens is 1. The molecule has 0 fully saturated rings. The van der Waals surface area contributed by atoms with Gasteiger partial charge in [0.25, 0.3) is 10.0 Å². The quantitative estimate of drug-likeness (QED) is 0.477. The number of carbonyl (C=O) groups excluding carboxylic acids is 1. The van der Waals surface area contributed by atoms with Gasteiger partial charge in [-0.2, -0.15) is 0 Å². The lowest BCUT2D eigenvalue weighted by molar-refractivity contribution is -0.115. The van der Waals surface area contributed by atoms with Crippen LogP contribution in [0.3, 0.4) is 0 Å². The summed E-state index contributed by atoms with van der Waals surface area (Å²) in [6.45, 7) is 3.49. The number of hydrogen-bond acceptors (Lipinski definition) is 7. The highest BCUT2D eigenvalue weighted by molar-refractivity contribution is 7.92. The van der Waals surface area contributed by atoms with Crippen LogP contribution in [-0.2, 0) is 14.8 Å². The molecule has 0 radical (unpaired) electrons. The van der Waals surface area contributed by atoms with Crippen LogP contribution in [0.15, 0.2) is 51.9 Å². The SMILES string of the molecule is CCC(=O)Nc1c(C)noc1C=Cc1ccc(S(=O)(=O)Nc2ccc(OC)cc2OC)cc1. The molecule has 1 heterocycles. The summed E-state index contributed by atoms with van der Waals surface area (Å²) in [5, 5.41) is 6.64. The average molecular weight is 472 g/mol. The van der Waals surface area contributed by atoms with E-state index in [1.54, 1.807) is 56.3 Å². The van der Waals surface area contributed by atoms with Gasteiger partial charge in [-0.1, -0.05) is 30.3 Å². The van der Waals surface area contributed by atoms with Crippen LogP contribution in [0.2, 0.25) is 0 Å². The van der Waals surface area contributed by atoms with Crippen LogP contribution in [0.1, 0.15) is 30.4 Å². The Kier molecular flexibility index (Phi) is 7.39. The minimum Gasteiger partial charge on any atom is -0.497 e. The molecular formula is C23H25N3O6S. The van der Waals surface area contributed by atoms with Gasteiger partial charge in [0.15, 0.2) is 5.76 Å². The molecule has 0 saturated heterocycles. The van der Waals surface area contributed by atoms with Crippen molar-refractivity contribution in [2.45, 2.75) is 25.2 Å². The molecule has 0 atom stereocenters. The highest BCUT2D eigenvalue weighted by atomic mass is 32.2. The third-order valence-electron chi connectivity index (χ3n) is 4.75. The van der Waals surface area contributed by atoms with E-state index in [9.17, 15) is 13.2 Å². The van der Waals surface area contributed by atoms with Crippen LogP contribution < -0.4 is 19.5 Å². The second kappa shape index (κ2) is 10.2. The van der Waals surface area contributed by atoms with Crippen molar-refractivity contribution in [1.29, 1.82) is 0 Å². The standard InChI is InChI=1S/C23H25N3O6S/c1-5-22(27)24-23-15(2)25-32-20(23)13-8-16-6-10-18(11-7-16)33(28,29)26-19-12-9-17(30-3)14-21(19)31-4/h6-14,26H,5H2,1-4H3,(H,24,27). The molecular weight excluding hydrogens is 446 g/mol. The van der Waals surface area contributed by atoms with E-state index >= 15 is 0 Å². The fourth-order valence-corrected chi connectivity index (χ4v) is 3.97. The fraction of sp³-hybridized carbons (Fsp3) is 0.217. The largest absolute Gasteiger partial charge is 0.497 e. The molecule has 9 nitrogen and oxygen atoms in total. The second-order valence-corrected chi connectivity index (χ2v) is 8.67. The minimum absolute atomic E-state index is 0.0870. The van der Waals surface area contributed by atoms with Gasteiger partial charge >= 0.3 is 0 Å². The molecule has 3 aromatic rings. The Hall–Kier alpha value is -3.79. The molecule has 0 spiro atoms. The van der Waals surface area contributed by atoms with E-state index in [-0.39, 0.29) is 10.8 Å². The summed E-state index contributed by atoms with van der Waals surface area (Å²) in [5.41, 5.74) is 2.11. The maximum absolute atomic E-state index is 12.8. The number of benzene rings is 2. The van der Waals surface area contributed by atoms with Crippen LogP contribution in [-0.4, -0.2) is 33.7 Å². The molecule has 10 heteroatoms. The molecule has 0 unspecified atom stereocenters. The summed E-state index contributed by atoms with van der Waals surface area (Å²) in [5.74, 6) is 1.14. The first kappa shape index (κ1) is 23.9. The Labute approximate surface area is 192 Å². The Bertz CT molecular complexity index is 1260. The number of aryl methyl sites for hydroxylation is 1. The monoisotopic (exact) mass is 471 g/mol. The van der Waals surface area contributed by atoms with Crippen molar-refractivity contribution in [3.63, 3.8) is 0 Å². The van der Waals surface area contributed by atoms with Crippen molar-refractivity contribution in [1.82, 2.24) is 5.16 Å². The lowest BCUT2D eigenvalue weighted by Crippen LogP contribution is -2.13. The molecule has 0 bridgehead atoms. The summed E-state index contributed by atoms with van der Waals surface area (Å²) < 4.78 is 43.8. The maximum atomic E-state index is 12.8. The lowest BCUT2D eigenvalue weighted by atomic mass is 10.2. The molecule has 1 amide bonds. The first-order chi connectivity index (χ1) is 15.8. The second-order valence-electron chi connectivity index (χ2n) is 6.98. The number of carbonyl (C=O) groups is 1. The van der Waals surface area contributed by atoms with Gasteiger partial charge in [0, 0.05) is 12.5 Å². The molecule has 0 aliphatic carbocycles. The Morgan fingerprint density at radius 3 is 2.45 bits per heavy atom. The number of methoxy groups -OCH3 is 2. The molecule has 2 N–H and O–H groups in total. The third kappa shape index (κ3) is 5.72. The number of nitrogens with one attached hydrogen (secondary N) is 2. The van der Waals surface area contributed by atoms with E-state index < -0.39 is 10.0 Å². The Morgan fingerprint density at radius 2 is 1.82 bits per heavy atom. The summed E-state index contributed by atoms with van der Waals surface area (Å²) in [4.78, 5) is 11.8. The van der Waals surface area contributed by atoms with Gasteiger partial charge in [0.05, 0.1) is 24.8 Å². The maximum Gasteiger partial charge on any atom is 0.262 e. The molecule has 0 aliphatic heterocycles. The molecule has 33 heavy (non-hydrogen) atoms. The van der Waals surface area contributed by atoms with Gasteiger partial charge in [-0.25, -0.2) is 8.42 Å². The molecule has 0 aliphatic rings. The van der Waals surface area contributed by atoms with Crippen LogP contribution in [0, 0.1) is 6.92 Å². The predicted molar refractivity (Wildman–Crippen MR) is 126 cm³/mol. The Morgan fingerprint density at radius 1 is 1.09 bits per heavy atom. The van der Waals surface area contributed by atoms with E-state index in [0.717, 1.165) is 5.56 Å². The smallest absolute Gasteiger partial charge is 0.262 e. The number of sulfonamides is 1. The number of amides is 1. The molecule has 2 aromatic carbocycles. The summed E-state index contributed by atoms with van der Waals surface area (Å²) >= 11 is 0. The van der Waals surface area contributed by atoms with Crippen molar-refractivity contribution >= 4 is 39.5 Å². The van der Waals surface area contributed by atoms with Crippen LogP contribution >= 0.6 is 0 Å². The number of ether oxygens (including phenoxy) is 2. The Balaban J connectivity index is 1.77. The number of anilines is 2. The van der Waals surface area contributed by atoms with Crippen molar-refractivity contribution in [2.75, 3.05) is 24.3 Å². The van der Waals surface area contributed by atoms with Crippen LogP contribution in [0.4, 0.5) is 11.4 Å². The van der Waals surface area contributed by atoms with Gasteiger partial charge < -0.3 is 19.3 Å². The van der Waals surface area contributed by atoms with Gasteiger partial charge in [-0.15, -0.1) is 0 Å². The normalized spacial score (nSPS) is 11.4. The van der Waals surface area contributed by atoms with E-state index in [1.165, 1.54) is 26.4 Å². The predicted octanol–water partition coefficient (Wildman–Crippen LogP) is 4.32. The van der Waals surface area contributed by atoms with Gasteiger partial charge in [-0.05, 0) is 42.8 Å². The fourth-order valence-electron chi connectivity index (χ4n) is 2.90. The van der Waals surface area contributed by atoms with E-state index in [4.69, 9.17) is 14.0 Å². The summed E-state index contributed by atoms with van der Waals surface area (Å²) in [7, 11) is -0.879. The van der Waals surface area contributed by atoms with Gasteiger partial charge in [-0.3, -0.25) is 9.52 Å². The third-order valence-corrected chi connectivity index (χ3v) is 6.13. The summed E-state index contributed by atoms with van der Waals surface area (Å²) in [6.07, 6.45) is 3.73. The highest BCUT2D eigenvalue weighted by Crippen LogP contribution is 2.31. The molecule has 174 valence electrons. The minimum atomic E-state index is -3.84. The van der Waals surface area contributed by atoms with Crippen molar-refractivity contribution in [3.8, 4) is 11.5 Å². The molecule has 3 rings (SSSR count). The first-order valence-electron chi connectivity index (χ1n) is 10.1. The number of hydrogen-bond donors (Lipinski definition) is 2. The zero-order valence-electron chi connectivity index (χ0n) is 18.7. The van der Waals surface area contributed by atoms with Crippen molar-refractivity contribution in [3.05, 3.63) is 59.5 Å². The zero-order valence-corrected chi connectivity index (χ0v) is 19.5. The molecule has 0 saturated carbocycles. The van der Waals surface area contributed by atoms with Gasteiger partial charge in [0.2, 0.25) is 5.91 Å². The highest BCUT2D eigenvalue weighted by Gasteiger charge is 2.17. The first-order valence-corrected chi connectivity index (χ1v) is 11.5.